The first-order valence-corrected chi connectivity index (χ1v) is 6.80. The number of rotatable bonds is 2. The van der Waals surface area contributed by atoms with Gasteiger partial charge in [0, 0.05) is 4.24 Å². The van der Waals surface area contributed by atoms with Crippen molar-refractivity contribution in [2.75, 3.05) is 12.5 Å². The molecule has 1 saturated carbocycles. The van der Waals surface area contributed by atoms with E-state index < -0.39 is 0 Å². The topological polar surface area (TPSA) is 32.6 Å². The van der Waals surface area contributed by atoms with Crippen LogP contribution in [-0.2, 0) is 0 Å². The Morgan fingerprint density at radius 3 is 2.38 bits per heavy atom. The van der Waals surface area contributed by atoms with Gasteiger partial charge in [-0.3, -0.25) is 0 Å². The van der Waals surface area contributed by atoms with Crippen molar-refractivity contribution in [3.63, 3.8) is 0 Å². The predicted octanol–water partition coefficient (Wildman–Crippen LogP) is 3.33. The van der Waals surface area contributed by atoms with Gasteiger partial charge >= 0.3 is 0 Å². The predicted molar refractivity (Wildman–Crippen MR) is 61.7 cm³/mol. The molecule has 1 rings (SSSR count). The minimum Gasteiger partial charge on any atom is -0.411 e. The Balaban J connectivity index is 2.90. The average Bonchev–Trinajstić information content (AvgIpc) is 2.20. The van der Waals surface area contributed by atoms with Gasteiger partial charge in [-0.1, -0.05) is 5.16 Å². The van der Waals surface area contributed by atoms with Gasteiger partial charge in [-0.05, 0) is 43.8 Å². The Bertz CT molecular complexity index is 230. The molecule has 1 aliphatic rings. The molecule has 0 aromatic heterocycles. The summed E-state index contributed by atoms with van der Waals surface area (Å²) < 4.78 is 1.30. The maximum atomic E-state index is 8.84. The number of oxime groups is 1. The van der Waals surface area contributed by atoms with E-state index in [4.69, 9.17) is 5.21 Å². The summed E-state index contributed by atoms with van der Waals surface area (Å²) in [6.45, 7) is 0. The summed E-state index contributed by atoms with van der Waals surface area (Å²) in [5, 5.41) is 12.2. The molecular weight excluding hydrogens is 202 g/mol. The van der Waals surface area contributed by atoms with E-state index in [1.54, 1.807) is 23.5 Å². The Labute approximate surface area is 87.9 Å². The van der Waals surface area contributed by atoms with E-state index in [1.807, 2.05) is 0 Å². The molecule has 2 nitrogen and oxygen atoms in total. The second kappa shape index (κ2) is 5.60. The lowest BCUT2D eigenvalue weighted by Crippen LogP contribution is -2.10. The van der Waals surface area contributed by atoms with Crippen molar-refractivity contribution >= 4 is 29.2 Å². The second-order valence-corrected chi connectivity index (χ2v) is 4.82. The molecule has 0 atom stereocenters. The molecular formula is C9H15NOS2. The largest absolute Gasteiger partial charge is 0.411 e. The van der Waals surface area contributed by atoms with Gasteiger partial charge in [-0.15, -0.1) is 23.5 Å². The zero-order chi connectivity index (χ0) is 9.68. The summed E-state index contributed by atoms with van der Waals surface area (Å²) in [6.07, 6.45) is 8.51. The zero-order valence-electron chi connectivity index (χ0n) is 8.04. The smallest absolute Gasteiger partial charge is 0.0843 e. The maximum Gasteiger partial charge on any atom is 0.0843 e. The molecule has 0 aromatic rings. The van der Waals surface area contributed by atoms with E-state index in [-0.39, 0.29) is 0 Å². The van der Waals surface area contributed by atoms with Crippen molar-refractivity contribution in [2.45, 2.75) is 25.7 Å². The highest BCUT2D eigenvalue weighted by Gasteiger charge is 2.17. The number of thioether (sulfide) groups is 2. The van der Waals surface area contributed by atoms with Crippen molar-refractivity contribution in [1.29, 1.82) is 0 Å². The van der Waals surface area contributed by atoms with Crippen LogP contribution in [0.25, 0.3) is 0 Å². The molecule has 0 aliphatic heterocycles. The van der Waals surface area contributed by atoms with Crippen molar-refractivity contribution < 1.29 is 5.21 Å². The summed E-state index contributed by atoms with van der Waals surface area (Å²) in [6, 6.07) is 0. The minimum atomic E-state index is 0.893. The van der Waals surface area contributed by atoms with Crippen LogP contribution in [0.2, 0.25) is 0 Å². The number of allylic oxidation sites excluding steroid dienone is 1. The van der Waals surface area contributed by atoms with Crippen LogP contribution in [0.5, 0.6) is 0 Å². The molecule has 0 spiro atoms. The lowest BCUT2D eigenvalue weighted by molar-refractivity contribution is 0.316. The lowest BCUT2D eigenvalue weighted by Gasteiger charge is -2.18. The van der Waals surface area contributed by atoms with Gasteiger partial charge < -0.3 is 5.21 Å². The molecule has 0 aromatic carbocycles. The third-order valence-electron chi connectivity index (χ3n) is 2.18. The molecule has 0 saturated heterocycles. The molecule has 4 heteroatoms. The van der Waals surface area contributed by atoms with Crippen LogP contribution in [0.3, 0.4) is 0 Å². The van der Waals surface area contributed by atoms with Crippen molar-refractivity contribution in [3.8, 4) is 0 Å². The Kier molecular flexibility index (Phi) is 4.73. The van der Waals surface area contributed by atoms with Crippen LogP contribution < -0.4 is 0 Å². The average molecular weight is 217 g/mol. The fraction of sp³-hybridized carbons (Fsp3) is 0.667. The van der Waals surface area contributed by atoms with Gasteiger partial charge in [-0.25, -0.2) is 0 Å². The molecule has 0 bridgehead atoms. The maximum absolute atomic E-state index is 8.84. The summed E-state index contributed by atoms with van der Waals surface area (Å²) >= 11 is 3.49. The first kappa shape index (κ1) is 11.0. The standard InChI is InChI=1S/C9H15NOS2/c1-12-9(13-2)7-5-3-4-6-8(7)10-11/h11H,3-6H2,1-2H3. The summed E-state index contributed by atoms with van der Waals surface area (Å²) in [4.78, 5) is 0. The molecule has 1 aliphatic carbocycles. The molecule has 1 fully saturated rings. The van der Waals surface area contributed by atoms with Crippen LogP contribution in [0, 0.1) is 0 Å². The second-order valence-electron chi connectivity index (χ2n) is 2.93. The van der Waals surface area contributed by atoms with Crippen LogP contribution in [0.15, 0.2) is 15.0 Å². The molecule has 0 amide bonds. The highest BCUT2D eigenvalue weighted by molar-refractivity contribution is 8.21. The third-order valence-corrected chi connectivity index (χ3v) is 4.41. The normalized spacial score (nSPS) is 20.8. The molecule has 0 radical (unpaired) electrons. The fourth-order valence-corrected chi connectivity index (χ4v) is 3.15. The molecule has 0 unspecified atom stereocenters. The van der Waals surface area contributed by atoms with Gasteiger partial charge in [0.05, 0.1) is 5.71 Å². The number of hydrogen-bond acceptors (Lipinski definition) is 4. The van der Waals surface area contributed by atoms with Crippen LogP contribution in [0.4, 0.5) is 0 Å². The summed E-state index contributed by atoms with van der Waals surface area (Å²) in [7, 11) is 0. The van der Waals surface area contributed by atoms with Gasteiger partial charge in [0.25, 0.3) is 0 Å². The van der Waals surface area contributed by atoms with E-state index in [0.29, 0.717) is 0 Å². The number of hydrogen-bond donors (Lipinski definition) is 1. The molecule has 13 heavy (non-hydrogen) atoms. The van der Waals surface area contributed by atoms with Crippen LogP contribution in [-0.4, -0.2) is 23.4 Å². The van der Waals surface area contributed by atoms with Gasteiger partial charge in [0.1, 0.15) is 0 Å². The van der Waals surface area contributed by atoms with Crippen LogP contribution in [0.1, 0.15) is 25.7 Å². The Morgan fingerprint density at radius 1 is 1.23 bits per heavy atom. The highest BCUT2D eigenvalue weighted by atomic mass is 32.2. The van der Waals surface area contributed by atoms with Gasteiger partial charge in [0.2, 0.25) is 0 Å². The SMILES string of the molecule is CSC(SC)=C1CCCCC1=NO. The fourth-order valence-electron chi connectivity index (χ4n) is 1.55. The first-order valence-electron chi connectivity index (χ1n) is 4.36. The molecule has 0 heterocycles. The van der Waals surface area contributed by atoms with E-state index in [0.717, 1.165) is 25.0 Å². The van der Waals surface area contributed by atoms with E-state index >= 15 is 0 Å². The van der Waals surface area contributed by atoms with Gasteiger partial charge in [-0.2, -0.15) is 0 Å². The Hall–Kier alpha value is -0.0900. The summed E-state index contributed by atoms with van der Waals surface area (Å²) in [5.41, 5.74) is 2.15. The zero-order valence-corrected chi connectivity index (χ0v) is 9.67. The van der Waals surface area contributed by atoms with E-state index in [9.17, 15) is 0 Å². The lowest BCUT2D eigenvalue weighted by atomic mass is 9.94. The van der Waals surface area contributed by atoms with Crippen molar-refractivity contribution in [2.24, 2.45) is 5.16 Å². The quantitative estimate of drug-likeness (QED) is 0.569. The third kappa shape index (κ3) is 2.68. The number of nitrogens with zero attached hydrogens (tertiary/aromatic N) is 1. The monoisotopic (exact) mass is 217 g/mol. The van der Waals surface area contributed by atoms with E-state index in [2.05, 4.69) is 17.7 Å². The highest BCUT2D eigenvalue weighted by Crippen LogP contribution is 2.34. The Morgan fingerprint density at radius 2 is 1.85 bits per heavy atom. The van der Waals surface area contributed by atoms with Crippen LogP contribution >= 0.6 is 23.5 Å². The summed E-state index contributed by atoms with van der Waals surface area (Å²) in [5.74, 6) is 0. The van der Waals surface area contributed by atoms with Crippen molar-refractivity contribution in [1.82, 2.24) is 0 Å². The molecule has 74 valence electrons. The van der Waals surface area contributed by atoms with E-state index in [1.165, 1.54) is 16.2 Å². The van der Waals surface area contributed by atoms with Crippen molar-refractivity contribution in [3.05, 3.63) is 9.81 Å². The first-order chi connectivity index (χ1) is 6.33. The van der Waals surface area contributed by atoms with Gasteiger partial charge in [0.15, 0.2) is 0 Å². The molecule has 1 N–H and O–H groups in total. The minimum absolute atomic E-state index is 0.893.